The summed E-state index contributed by atoms with van der Waals surface area (Å²) in [6.07, 6.45) is 9.18. The summed E-state index contributed by atoms with van der Waals surface area (Å²) >= 11 is -2.27. The number of benzene rings is 1. The average Bonchev–Trinajstić information content (AvgIpc) is 2.65. The Hall–Kier alpha value is -0.0613. The third kappa shape index (κ3) is 8.92. The SMILES string of the molecule is CCC[CH2][Sn]([CH2]CCC)([CH2]CCC)[CH](N)CCOCc1ccccc1. The quantitative estimate of drug-likeness (QED) is 0.249. The molecule has 0 radical (unpaired) electrons. The summed E-state index contributed by atoms with van der Waals surface area (Å²) < 4.78 is 10.9. The Labute approximate surface area is 160 Å². The number of rotatable bonds is 15. The van der Waals surface area contributed by atoms with Gasteiger partial charge in [0, 0.05) is 0 Å². The normalized spacial score (nSPS) is 13.1. The Bertz CT molecular complexity index is 402. The van der Waals surface area contributed by atoms with Crippen LogP contribution in [0.3, 0.4) is 0 Å². The third-order valence-corrected chi connectivity index (χ3v) is 22.4. The first-order valence-electron chi connectivity index (χ1n) is 10.6. The second kappa shape index (κ2) is 14.1. The van der Waals surface area contributed by atoms with Crippen LogP contribution in [-0.2, 0) is 11.3 Å². The second-order valence-corrected chi connectivity index (χ2v) is 21.8. The molecule has 1 unspecified atom stereocenters. The van der Waals surface area contributed by atoms with Gasteiger partial charge >= 0.3 is 161 Å². The van der Waals surface area contributed by atoms with Crippen molar-refractivity contribution in [3.8, 4) is 0 Å². The van der Waals surface area contributed by atoms with Crippen LogP contribution < -0.4 is 5.73 Å². The summed E-state index contributed by atoms with van der Waals surface area (Å²) in [4.78, 5) is 0. The number of unbranched alkanes of at least 4 members (excludes halogenated alkanes) is 3. The molecular weight excluding hydrogens is 413 g/mol. The fourth-order valence-electron chi connectivity index (χ4n) is 3.80. The molecule has 1 aromatic carbocycles. The summed E-state index contributed by atoms with van der Waals surface area (Å²) in [5.41, 5.74) is 8.13. The Morgan fingerprint density at radius 1 is 0.880 bits per heavy atom. The van der Waals surface area contributed by atoms with E-state index in [1.807, 2.05) is 0 Å². The number of nitrogens with two attached hydrogens (primary N) is 1. The van der Waals surface area contributed by atoms with Gasteiger partial charge in [0.25, 0.3) is 0 Å². The summed E-state index contributed by atoms with van der Waals surface area (Å²) in [6.45, 7) is 8.51. The number of ether oxygens (including phenoxy) is 1. The minimum atomic E-state index is -2.27. The van der Waals surface area contributed by atoms with Crippen LogP contribution in [0.2, 0.25) is 13.3 Å². The van der Waals surface area contributed by atoms with Gasteiger partial charge in [-0.1, -0.05) is 0 Å². The van der Waals surface area contributed by atoms with E-state index in [9.17, 15) is 0 Å². The van der Waals surface area contributed by atoms with E-state index < -0.39 is 18.4 Å². The molecule has 0 bridgehead atoms. The van der Waals surface area contributed by atoms with Gasteiger partial charge in [-0.2, -0.15) is 0 Å². The Balaban J connectivity index is 2.57. The monoisotopic (exact) mass is 455 g/mol. The van der Waals surface area contributed by atoms with Gasteiger partial charge in [0.15, 0.2) is 0 Å². The molecule has 0 aliphatic heterocycles. The van der Waals surface area contributed by atoms with E-state index in [4.69, 9.17) is 10.5 Å². The van der Waals surface area contributed by atoms with Crippen molar-refractivity contribution < 1.29 is 4.74 Å². The van der Waals surface area contributed by atoms with E-state index in [1.54, 1.807) is 0 Å². The van der Waals surface area contributed by atoms with Gasteiger partial charge < -0.3 is 0 Å². The van der Waals surface area contributed by atoms with Gasteiger partial charge in [-0.3, -0.25) is 0 Å². The Kier molecular flexibility index (Phi) is 12.9. The van der Waals surface area contributed by atoms with Gasteiger partial charge in [0.2, 0.25) is 0 Å². The molecule has 0 fully saturated rings. The zero-order valence-electron chi connectivity index (χ0n) is 16.9. The van der Waals surface area contributed by atoms with Crippen LogP contribution in [0.25, 0.3) is 0 Å². The van der Waals surface area contributed by atoms with E-state index in [1.165, 1.54) is 57.4 Å². The van der Waals surface area contributed by atoms with Crippen LogP contribution in [0.4, 0.5) is 0 Å². The molecule has 0 aromatic heterocycles. The number of hydrogen-bond acceptors (Lipinski definition) is 2. The molecule has 3 heteroatoms. The van der Waals surface area contributed by atoms with Crippen molar-refractivity contribution in [1.82, 2.24) is 0 Å². The first-order valence-corrected chi connectivity index (χ1v) is 18.3. The van der Waals surface area contributed by atoms with Crippen molar-refractivity contribution in [3.63, 3.8) is 0 Å². The molecular formula is C22H41NOSn. The van der Waals surface area contributed by atoms with Gasteiger partial charge in [0.05, 0.1) is 0 Å². The minimum absolute atomic E-state index is 0.467. The Morgan fingerprint density at radius 3 is 1.88 bits per heavy atom. The zero-order chi connectivity index (χ0) is 18.4. The van der Waals surface area contributed by atoms with Crippen molar-refractivity contribution in [1.29, 1.82) is 0 Å². The van der Waals surface area contributed by atoms with Crippen molar-refractivity contribution in [2.75, 3.05) is 6.61 Å². The molecule has 0 saturated carbocycles. The first-order chi connectivity index (χ1) is 12.2. The molecule has 0 amide bonds. The molecule has 0 heterocycles. The molecule has 0 aliphatic rings. The van der Waals surface area contributed by atoms with Crippen LogP contribution in [0.1, 0.15) is 71.3 Å². The molecule has 0 spiro atoms. The molecule has 0 saturated heterocycles. The standard InChI is InChI=1S/C10H14NO.3C4H9.Sn/c11-7-4-8-12-9-10-5-2-1-3-6-10;3*1-3-4-2;/h1-3,5-7H,4,8-9,11H2;3*1,3-4H2,2H3;. The van der Waals surface area contributed by atoms with E-state index >= 15 is 0 Å². The maximum absolute atomic E-state index is 6.87. The van der Waals surface area contributed by atoms with E-state index in [2.05, 4.69) is 51.1 Å². The molecule has 2 nitrogen and oxygen atoms in total. The van der Waals surface area contributed by atoms with E-state index in [0.29, 0.717) is 4.06 Å². The summed E-state index contributed by atoms with van der Waals surface area (Å²) in [5, 5.41) is 0. The van der Waals surface area contributed by atoms with Crippen molar-refractivity contribution in [2.45, 2.75) is 89.7 Å². The van der Waals surface area contributed by atoms with Gasteiger partial charge in [0.1, 0.15) is 0 Å². The predicted molar refractivity (Wildman–Crippen MR) is 114 cm³/mol. The van der Waals surface area contributed by atoms with Crippen LogP contribution in [0, 0.1) is 0 Å². The molecule has 144 valence electrons. The third-order valence-electron chi connectivity index (χ3n) is 5.56. The fraction of sp³-hybridized carbons (Fsp3) is 0.727. The molecule has 1 atom stereocenters. The van der Waals surface area contributed by atoms with Crippen molar-refractivity contribution >= 4 is 18.4 Å². The topological polar surface area (TPSA) is 35.2 Å². The Morgan fingerprint density at radius 2 is 1.40 bits per heavy atom. The number of hydrogen-bond donors (Lipinski definition) is 1. The predicted octanol–water partition coefficient (Wildman–Crippen LogP) is 6.31. The van der Waals surface area contributed by atoms with Crippen LogP contribution in [0.15, 0.2) is 30.3 Å². The summed E-state index contributed by atoms with van der Waals surface area (Å²) in [6, 6.07) is 10.5. The molecule has 25 heavy (non-hydrogen) atoms. The van der Waals surface area contributed by atoms with Crippen LogP contribution in [-0.4, -0.2) is 29.0 Å². The van der Waals surface area contributed by atoms with Crippen LogP contribution in [0.5, 0.6) is 0 Å². The second-order valence-electron chi connectivity index (χ2n) is 7.61. The van der Waals surface area contributed by atoms with Gasteiger partial charge in [-0.05, 0) is 0 Å². The van der Waals surface area contributed by atoms with Crippen LogP contribution >= 0.6 is 0 Å². The first kappa shape index (κ1) is 23.0. The maximum atomic E-state index is 6.87. The fourth-order valence-corrected chi connectivity index (χ4v) is 20.3. The summed E-state index contributed by atoms with van der Waals surface area (Å²) in [7, 11) is 0. The molecule has 1 aromatic rings. The van der Waals surface area contributed by atoms with Gasteiger partial charge in [-0.25, -0.2) is 0 Å². The zero-order valence-corrected chi connectivity index (χ0v) is 19.8. The summed E-state index contributed by atoms with van der Waals surface area (Å²) in [5.74, 6) is 0. The van der Waals surface area contributed by atoms with Crippen molar-refractivity contribution in [2.24, 2.45) is 5.73 Å². The molecule has 1 rings (SSSR count). The van der Waals surface area contributed by atoms with Crippen molar-refractivity contribution in [3.05, 3.63) is 35.9 Å². The van der Waals surface area contributed by atoms with Gasteiger partial charge in [-0.15, -0.1) is 0 Å². The van der Waals surface area contributed by atoms with E-state index in [0.717, 1.165) is 19.6 Å². The average molecular weight is 454 g/mol. The molecule has 2 N–H and O–H groups in total. The van der Waals surface area contributed by atoms with E-state index in [-0.39, 0.29) is 0 Å². The molecule has 0 aliphatic carbocycles.